The quantitative estimate of drug-likeness (QED) is 0.348. The molecule has 2 atom stereocenters. The number of hydrogen-bond acceptors (Lipinski definition) is 6. The highest BCUT2D eigenvalue weighted by molar-refractivity contribution is 6.15. The van der Waals surface area contributed by atoms with Gasteiger partial charge in [-0.1, -0.05) is 30.3 Å². The minimum absolute atomic E-state index is 0.189. The molecule has 43 heavy (non-hydrogen) atoms. The second-order valence-corrected chi connectivity index (χ2v) is 11.4. The second-order valence-electron chi connectivity index (χ2n) is 11.4. The van der Waals surface area contributed by atoms with Crippen LogP contribution in [0.4, 0.5) is 5.69 Å². The lowest BCUT2D eigenvalue weighted by Gasteiger charge is -2.39. The van der Waals surface area contributed by atoms with Gasteiger partial charge in [0.2, 0.25) is 0 Å². The van der Waals surface area contributed by atoms with E-state index in [-0.39, 0.29) is 23.8 Å². The summed E-state index contributed by atoms with van der Waals surface area (Å²) in [5, 5.41) is 0. The summed E-state index contributed by atoms with van der Waals surface area (Å²) in [7, 11) is 3.83. The number of rotatable bonds is 6. The number of methoxy groups -OCH3 is 1. The molecule has 3 aliphatic rings. The predicted octanol–water partition coefficient (Wildman–Crippen LogP) is 4.01. The molecule has 2 fully saturated rings. The number of nitrogens with zero attached hydrogens (tertiary/aromatic N) is 5. The van der Waals surface area contributed by atoms with Crippen molar-refractivity contribution in [1.29, 1.82) is 0 Å². The number of amides is 1. The Bertz CT molecular complexity index is 1510. The van der Waals surface area contributed by atoms with Crippen LogP contribution in [0.1, 0.15) is 46.3 Å². The Morgan fingerprint density at radius 2 is 1.74 bits per heavy atom. The summed E-state index contributed by atoms with van der Waals surface area (Å²) in [6.07, 6.45) is 0.990. The fourth-order valence-electron chi connectivity index (χ4n) is 6.39. The Labute approximate surface area is 253 Å². The molecule has 0 aromatic heterocycles. The van der Waals surface area contributed by atoms with E-state index in [2.05, 4.69) is 40.0 Å². The van der Waals surface area contributed by atoms with Crippen LogP contribution in [-0.4, -0.2) is 93.5 Å². The van der Waals surface area contributed by atoms with Crippen molar-refractivity contribution in [3.8, 4) is 11.5 Å². The van der Waals surface area contributed by atoms with Crippen molar-refractivity contribution >= 4 is 23.3 Å². The van der Waals surface area contributed by atoms with E-state index >= 15 is 0 Å². The molecule has 0 aliphatic carbocycles. The molecule has 0 radical (unpaired) electrons. The highest BCUT2D eigenvalue weighted by Gasteiger charge is 2.36. The maximum absolute atomic E-state index is 13.1. The molecule has 3 aromatic rings. The number of piperazine rings is 1. The third-order valence-corrected chi connectivity index (χ3v) is 8.71. The van der Waals surface area contributed by atoms with Crippen molar-refractivity contribution in [2.45, 2.75) is 25.3 Å². The lowest BCUT2D eigenvalue weighted by Crippen LogP contribution is -2.51. The summed E-state index contributed by atoms with van der Waals surface area (Å²) in [5.41, 5.74) is 12.1. The number of piperidine rings is 1. The summed E-state index contributed by atoms with van der Waals surface area (Å²) in [6.45, 7) is 7.57. The lowest BCUT2D eigenvalue weighted by atomic mass is 9.79. The topological polar surface area (TPSA) is 96.0 Å². The molecule has 1 amide bonds. The van der Waals surface area contributed by atoms with Gasteiger partial charge in [0, 0.05) is 61.0 Å². The molecular weight excluding hydrogens is 540 g/mol. The van der Waals surface area contributed by atoms with Crippen LogP contribution in [0.3, 0.4) is 0 Å². The molecule has 0 bridgehead atoms. The number of carbonyl (C=O) groups excluding carboxylic acids is 1. The summed E-state index contributed by atoms with van der Waals surface area (Å²) in [4.78, 5) is 29.3. The molecule has 3 aliphatic heterocycles. The zero-order valence-electron chi connectivity index (χ0n) is 25.2. The van der Waals surface area contributed by atoms with Crippen molar-refractivity contribution < 1.29 is 14.3 Å². The zero-order chi connectivity index (χ0) is 29.9. The van der Waals surface area contributed by atoms with E-state index in [0.717, 1.165) is 55.2 Å². The van der Waals surface area contributed by atoms with Gasteiger partial charge in [-0.05, 0) is 68.9 Å². The van der Waals surface area contributed by atoms with Gasteiger partial charge >= 0.3 is 0 Å². The molecule has 2 saturated heterocycles. The number of guanidine groups is 1. The van der Waals surface area contributed by atoms with Gasteiger partial charge in [-0.15, -0.1) is 0 Å². The smallest absolute Gasteiger partial charge is 0.280 e. The van der Waals surface area contributed by atoms with Crippen LogP contribution in [0.5, 0.6) is 11.5 Å². The van der Waals surface area contributed by atoms with Gasteiger partial charge in [-0.3, -0.25) is 9.79 Å². The second kappa shape index (κ2) is 12.5. The number of likely N-dealkylation sites (tertiary alicyclic amines) is 1. The first-order valence-electron chi connectivity index (χ1n) is 15.1. The van der Waals surface area contributed by atoms with E-state index in [1.807, 2.05) is 60.4 Å². The number of hydrogen-bond donors (Lipinski definition) is 1. The average Bonchev–Trinajstić information content (AvgIpc) is 3.05. The molecule has 0 spiro atoms. The summed E-state index contributed by atoms with van der Waals surface area (Å²) in [5.74, 6) is 1.65. The summed E-state index contributed by atoms with van der Waals surface area (Å²) < 4.78 is 11.6. The van der Waals surface area contributed by atoms with Crippen LogP contribution in [0.25, 0.3) is 0 Å². The SMILES string of the molecule is CCOc1cc2c(cc1OC)C(c1ccc(C(=O)N=C(N)N3CCN(c4ccccc4)CC3)cc1)=N[C@@H]1CCN(C)C[C@H]21. The fourth-order valence-corrected chi connectivity index (χ4v) is 6.39. The van der Waals surface area contributed by atoms with Crippen LogP contribution >= 0.6 is 0 Å². The standard InChI is InChI=1S/C34H40N6O3/c1-4-43-31-20-26-27(21-30(31)42-3)32(36-29-14-15-38(2)22-28(26)29)23-10-12-24(13-11-23)33(41)37-34(35)40-18-16-39(17-19-40)25-8-6-5-7-9-25/h5-13,20-21,28-29H,4,14-19,22H2,1-3H3,(H2,35,37,41)/t28-,29-/m1/s1. The number of anilines is 1. The summed E-state index contributed by atoms with van der Waals surface area (Å²) in [6, 6.07) is 22.2. The summed E-state index contributed by atoms with van der Waals surface area (Å²) >= 11 is 0. The normalized spacial score (nSPS) is 20.6. The first-order valence-corrected chi connectivity index (χ1v) is 15.1. The van der Waals surface area contributed by atoms with E-state index in [4.69, 9.17) is 20.2 Å². The zero-order valence-corrected chi connectivity index (χ0v) is 25.2. The fraction of sp³-hybridized carbons (Fsp3) is 0.382. The number of benzene rings is 3. The van der Waals surface area contributed by atoms with Gasteiger partial charge < -0.3 is 29.9 Å². The van der Waals surface area contributed by atoms with Crippen molar-refractivity contribution in [1.82, 2.24) is 9.80 Å². The van der Waals surface area contributed by atoms with Gasteiger partial charge in [0.05, 0.1) is 25.5 Å². The van der Waals surface area contributed by atoms with Crippen molar-refractivity contribution in [2.75, 3.05) is 64.9 Å². The van der Waals surface area contributed by atoms with Gasteiger partial charge in [0.1, 0.15) is 0 Å². The van der Waals surface area contributed by atoms with Crippen LogP contribution in [-0.2, 0) is 0 Å². The molecule has 3 heterocycles. The molecule has 3 aromatic carbocycles. The third-order valence-electron chi connectivity index (χ3n) is 8.71. The Kier molecular flexibility index (Phi) is 8.33. The van der Waals surface area contributed by atoms with Crippen LogP contribution in [0, 0.1) is 0 Å². The number of para-hydroxylation sites is 1. The number of fused-ring (bicyclic) bond motifs is 3. The molecule has 6 rings (SSSR count). The maximum atomic E-state index is 13.1. The van der Waals surface area contributed by atoms with Crippen molar-refractivity contribution in [3.05, 3.63) is 89.0 Å². The van der Waals surface area contributed by atoms with E-state index in [9.17, 15) is 4.79 Å². The lowest BCUT2D eigenvalue weighted by molar-refractivity contribution is 0.100. The van der Waals surface area contributed by atoms with Gasteiger partial charge in [0.25, 0.3) is 5.91 Å². The van der Waals surface area contributed by atoms with Crippen LogP contribution < -0.4 is 20.1 Å². The Balaban J connectivity index is 1.21. The Hall–Kier alpha value is -4.37. The minimum Gasteiger partial charge on any atom is -0.493 e. The van der Waals surface area contributed by atoms with Gasteiger partial charge in [-0.25, -0.2) is 0 Å². The molecule has 2 N–H and O–H groups in total. The van der Waals surface area contributed by atoms with E-state index in [1.165, 1.54) is 11.3 Å². The van der Waals surface area contributed by atoms with Crippen LogP contribution in [0.15, 0.2) is 76.7 Å². The molecular formula is C34H40N6O3. The minimum atomic E-state index is -0.348. The molecule has 9 heteroatoms. The number of carbonyl (C=O) groups is 1. The monoisotopic (exact) mass is 580 g/mol. The van der Waals surface area contributed by atoms with E-state index < -0.39 is 0 Å². The third kappa shape index (κ3) is 5.95. The Morgan fingerprint density at radius 3 is 2.44 bits per heavy atom. The number of nitrogens with two attached hydrogens (primary N) is 1. The number of likely N-dealkylation sites (N-methyl/N-ethyl adjacent to an activating group) is 1. The molecule has 0 saturated carbocycles. The highest BCUT2D eigenvalue weighted by atomic mass is 16.5. The maximum Gasteiger partial charge on any atom is 0.280 e. The molecule has 224 valence electrons. The average molecular weight is 581 g/mol. The van der Waals surface area contributed by atoms with Crippen molar-refractivity contribution in [3.63, 3.8) is 0 Å². The number of ether oxygens (including phenoxy) is 2. The van der Waals surface area contributed by atoms with Gasteiger partial charge in [-0.2, -0.15) is 4.99 Å². The molecule has 0 unspecified atom stereocenters. The Morgan fingerprint density at radius 1 is 1.00 bits per heavy atom. The van der Waals surface area contributed by atoms with E-state index in [0.29, 0.717) is 31.0 Å². The van der Waals surface area contributed by atoms with Gasteiger partial charge in [0.15, 0.2) is 17.5 Å². The van der Waals surface area contributed by atoms with Crippen LogP contribution in [0.2, 0.25) is 0 Å². The van der Waals surface area contributed by atoms with Crippen molar-refractivity contribution in [2.24, 2.45) is 15.7 Å². The molecule has 9 nitrogen and oxygen atoms in total. The predicted molar refractivity (Wildman–Crippen MR) is 171 cm³/mol. The van der Waals surface area contributed by atoms with E-state index in [1.54, 1.807) is 7.11 Å². The largest absolute Gasteiger partial charge is 0.493 e. The first kappa shape index (κ1) is 28.7. The number of aliphatic imine (C=N–C) groups is 2. The highest BCUT2D eigenvalue weighted by Crippen LogP contribution is 2.42. The first-order chi connectivity index (χ1) is 20.9.